The van der Waals surface area contributed by atoms with E-state index in [9.17, 15) is 0 Å². The maximum atomic E-state index is 6.20. The van der Waals surface area contributed by atoms with E-state index < -0.39 is 0 Å². The monoisotopic (exact) mass is 319 g/mol. The van der Waals surface area contributed by atoms with Crippen molar-refractivity contribution >= 4 is 23.4 Å². The average molecular weight is 320 g/mol. The molecule has 0 aliphatic carbocycles. The number of halogens is 1. The summed E-state index contributed by atoms with van der Waals surface area (Å²) in [6.45, 7) is 4.32. The summed E-state index contributed by atoms with van der Waals surface area (Å²) >= 11 is 8.11. The molecule has 0 saturated heterocycles. The summed E-state index contributed by atoms with van der Waals surface area (Å²) in [5.74, 6) is 1.98. The minimum atomic E-state index is 0.372. The van der Waals surface area contributed by atoms with Gasteiger partial charge in [-0.2, -0.15) is 11.8 Å². The molecular weight excluding hydrogens is 298 g/mol. The van der Waals surface area contributed by atoms with Crippen molar-refractivity contribution in [1.29, 1.82) is 0 Å². The third-order valence-corrected chi connectivity index (χ3v) is 5.23. The van der Waals surface area contributed by atoms with Gasteiger partial charge in [0.2, 0.25) is 0 Å². The Labute approximate surface area is 137 Å². The van der Waals surface area contributed by atoms with E-state index in [0.717, 1.165) is 16.5 Å². The molecule has 21 heavy (non-hydrogen) atoms. The number of hydrogen-bond acceptors (Lipinski definition) is 2. The van der Waals surface area contributed by atoms with Crippen LogP contribution in [0, 0.1) is 13.8 Å². The summed E-state index contributed by atoms with van der Waals surface area (Å²) < 4.78 is 0. The van der Waals surface area contributed by atoms with Gasteiger partial charge in [-0.15, -0.1) is 0 Å². The van der Waals surface area contributed by atoms with Gasteiger partial charge in [-0.25, -0.2) is 0 Å². The van der Waals surface area contributed by atoms with E-state index in [0.29, 0.717) is 6.04 Å². The van der Waals surface area contributed by atoms with E-state index >= 15 is 0 Å². The van der Waals surface area contributed by atoms with E-state index in [1.807, 2.05) is 37.0 Å². The Hall–Kier alpha value is -0.960. The average Bonchev–Trinajstić information content (AvgIpc) is 2.48. The number of thioether (sulfide) groups is 1. The van der Waals surface area contributed by atoms with Gasteiger partial charge in [0.15, 0.2) is 0 Å². The van der Waals surface area contributed by atoms with Crippen LogP contribution in [0.15, 0.2) is 42.5 Å². The van der Waals surface area contributed by atoms with Crippen molar-refractivity contribution in [2.45, 2.75) is 25.6 Å². The number of hydrogen-bond donors (Lipinski definition) is 1. The van der Waals surface area contributed by atoms with E-state index in [4.69, 9.17) is 11.6 Å². The van der Waals surface area contributed by atoms with Crippen LogP contribution in [0.2, 0.25) is 5.02 Å². The summed E-state index contributed by atoms with van der Waals surface area (Å²) in [5, 5.41) is 4.27. The van der Waals surface area contributed by atoms with E-state index in [-0.39, 0.29) is 0 Å². The molecule has 0 heterocycles. The van der Waals surface area contributed by atoms with Crippen LogP contribution in [0.25, 0.3) is 0 Å². The largest absolute Gasteiger partial charge is 0.312 e. The second-order valence-corrected chi connectivity index (χ2v) is 6.73. The third-order valence-electron chi connectivity index (χ3n) is 3.78. The van der Waals surface area contributed by atoms with Gasteiger partial charge in [-0.1, -0.05) is 48.0 Å². The lowest BCUT2D eigenvalue weighted by molar-refractivity contribution is 0.661. The van der Waals surface area contributed by atoms with Gasteiger partial charge in [0.1, 0.15) is 0 Å². The molecule has 1 unspecified atom stereocenters. The Balaban J connectivity index is 1.96. The fraction of sp³-hybridized carbons (Fsp3) is 0.333. The predicted octanol–water partition coefficient (Wildman–Crippen LogP) is 5.15. The van der Waals surface area contributed by atoms with Crippen molar-refractivity contribution < 1.29 is 0 Å². The molecule has 0 aliphatic heterocycles. The maximum absolute atomic E-state index is 6.20. The van der Waals surface area contributed by atoms with E-state index in [1.54, 1.807) is 0 Å². The van der Waals surface area contributed by atoms with Crippen LogP contribution in [-0.4, -0.2) is 12.8 Å². The molecule has 0 bridgehead atoms. The molecule has 0 aliphatic rings. The zero-order chi connectivity index (χ0) is 15.2. The second kappa shape index (κ2) is 7.88. The summed E-state index contributed by atoms with van der Waals surface area (Å²) in [4.78, 5) is 0. The Bertz CT molecular complexity index is 598. The van der Waals surface area contributed by atoms with Gasteiger partial charge < -0.3 is 5.32 Å². The van der Waals surface area contributed by atoms with E-state index in [2.05, 4.69) is 43.4 Å². The quantitative estimate of drug-likeness (QED) is 0.790. The number of nitrogens with one attached hydrogen (secondary N) is 1. The summed E-state index contributed by atoms with van der Waals surface area (Å²) in [5.41, 5.74) is 5.26. The summed E-state index contributed by atoms with van der Waals surface area (Å²) in [7, 11) is 2.02. The molecule has 0 spiro atoms. The fourth-order valence-electron chi connectivity index (χ4n) is 2.23. The lowest BCUT2D eigenvalue weighted by atomic mass is 10.0. The highest BCUT2D eigenvalue weighted by Gasteiger charge is 2.10. The molecule has 1 nitrogen and oxygen atoms in total. The first-order valence-corrected chi connectivity index (χ1v) is 8.70. The van der Waals surface area contributed by atoms with Gasteiger partial charge in [0, 0.05) is 22.6 Å². The zero-order valence-corrected chi connectivity index (χ0v) is 14.4. The zero-order valence-electron chi connectivity index (χ0n) is 12.8. The van der Waals surface area contributed by atoms with Crippen molar-refractivity contribution in [1.82, 2.24) is 5.32 Å². The van der Waals surface area contributed by atoms with E-state index in [1.165, 1.54) is 22.3 Å². The molecule has 3 heteroatoms. The Kier molecular flexibility index (Phi) is 6.16. The molecule has 0 saturated carbocycles. The number of rotatable bonds is 6. The first-order valence-electron chi connectivity index (χ1n) is 7.17. The molecule has 2 rings (SSSR count). The van der Waals surface area contributed by atoms with Crippen molar-refractivity contribution in [3.8, 4) is 0 Å². The highest BCUT2D eigenvalue weighted by molar-refractivity contribution is 7.98. The van der Waals surface area contributed by atoms with Crippen LogP contribution >= 0.6 is 23.4 Å². The number of aryl methyl sites for hydroxylation is 2. The normalized spacial score (nSPS) is 12.4. The van der Waals surface area contributed by atoms with Crippen molar-refractivity contribution in [3.63, 3.8) is 0 Å². The second-order valence-electron chi connectivity index (χ2n) is 5.29. The highest BCUT2D eigenvalue weighted by atomic mass is 35.5. The van der Waals surface area contributed by atoms with Gasteiger partial charge in [-0.05, 0) is 49.2 Å². The minimum absolute atomic E-state index is 0.372. The molecule has 112 valence electrons. The third kappa shape index (κ3) is 4.50. The molecule has 2 aromatic rings. The SMILES string of the molecule is CNC(CSCc1ccccc1Cl)c1ccc(C)c(C)c1. The molecule has 1 atom stereocenters. The topological polar surface area (TPSA) is 12.0 Å². The minimum Gasteiger partial charge on any atom is -0.312 e. The highest BCUT2D eigenvalue weighted by Crippen LogP contribution is 2.25. The summed E-state index contributed by atoms with van der Waals surface area (Å²) in [6, 6.07) is 15.1. The first-order chi connectivity index (χ1) is 10.1. The van der Waals surface area contributed by atoms with Crippen LogP contribution < -0.4 is 5.32 Å². The smallest absolute Gasteiger partial charge is 0.0446 e. The van der Waals surface area contributed by atoms with Gasteiger partial charge in [0.25, 0.3) is 0 Å². The molecule has 0 radical (unpaired) electrons. The van der Waals surface area contributed by atoms with Crippen LogP contribution in [0.5, 0.6) is 0 Å². The lowest BCUT2D eigenvalue weighted by Gasteiger charge is -2.17. The van der Waals surface area contributed by atoms with Gasteiger partial charge in [0.05, 0.1) is 0 Å². The maximum Gasteiger partial charge on any atom is 0.0446 e. The molecular formula is C18H22ClNS. The standard InChI is InChI=1S/C18H22ClNS/c1-13-8-9-15(10-14(13)2)18(20-3)12-21-11-16-6-4-5-7-17(16)19/h4-10,18,20H,11-12H2,1-3H3. The lowest BCUT2D eigenvalue weighted by Crippen LogP contribution is -2.19. The van der Waals surface area contributed by atoms with Gasteiger partial charge >= 0.3 is 0 Å². The van der Waals surface area contributed by atoms with Crippen molar-refractivity contribution in [2.75, 3.05) is 12.8 Å². The molecule has 0 amide bonds. The Morgan fingerprint density at radius 1 is 1.10 bits per heavy atom. The van der Waals surface area contributed by atoms with Gasteiger partial charge in [-0.3, -0.25) is 0 Å². The van der Waals surface area contributed by atoms with Crippen LogP contribution in [0.3, 0.4) is 0 Å². The van der Waals surface area contributed by atoms with Crippen molar-refractivity contribution in [3.05, 3.63) is 69.7 Å². The summed E-state index contributed by atoms with van der Waals surface area (Å²) in [6.07, 6.45) is 0. The van der Waals surface area contributed by atoms with Crippen LogP contribution in [-0.2, 0) is 5.75 Å². The predicted molar refractivity (Wildman–Crippen MR) is 95.3 cm³/mol. The fourth-order valence-corrected chi connectivity index (χ4v) is 3.70. The Morgan fingerprint density at radius 2 is 1.86 bits per heavy atom. The van der Waals surface area contributed by atoms with Crippen LogP contribution in [0.1, 0.15) is 28.3 Å². The molecule has 1 N–H and O–H groups in total. The number of benzene rings is 2. The van der Waals surface area contributed by atoms with Crippen LogP contribution in [0.4, 0.5) is 0 Å². The first kappa shape index (κ1) is 16.4. The molecule has 0 fully saturated rings. The van der Waals surface area contributed by atoms with Crippen molar-refractivity contribution in [2.24, 2.45) is 0 Å². The molecule has 0 aromatic heterocycles. The molecule has 2 aromatic carbocycles. The Morgan fingerprint density at radius 3 is 2.52 bits per heavy atom.